The number of azo groups is 1. The maximum atomic E-state index is 12.6. The lowest BCUT2D eigenvalue weighted by molar-refractivity contribution is 0.0734. The van der Waals surface area contributed by atoms with Gasteiger partial charge in [0.2, 0.25) is 0 Å². The van der Waals surface area contributed by atoms with Crippen LogP contribution in [0.5, 0.6) is 17.2 Å². The highest BCUT2D eigenvalue weighted by Gasteiger charge is 2.09. The molecule has 0 fully saturated rings. The first-order valence-electron chi connectivity index (χ1n) is 15.9. The van der Waals surface area contributed by atoms with E-state index in [2.05, 4.69) is 24.1 Å². The van der Waals surface area contributed by atoms with E-state index in [9.17, 15) is 4.79 Å². The molecule has 0 aliphatic carbocycles. The fraction of sp³-hybridized carbons (Fsp3) is 0.472. The van der Waals surface area contributed by atoms with E-state index in [1.54, 1.807) is 36.4 Å². The molecule has 3 rings (SSSR count). The van der Waals surface area contributed by atoms with E-state index in [1.807, 2.05) is 36.4 Å². The van der Waals surface area contributed by atoms with Gasteiger partial charge in [-0.1, -0.05) is 84.5 Å². The van der Waals surface area contributed by atoms with Crippen molar-refractivity contribution in [2.24, 2.45) is 10.2 Å². The zero-order valence-corrected chi connectivity index (χ0v) is 25.6. The molecule has 226 valence electrons. The zero-order valence-electron chi connectivity index (χ0n) is 25.6. The van der Waals surface area contributed by atoms with Crippen LogP contribution in [0, 0.1) is 0 Å². The monoisotopic (exact) mass is 572 g/mol. The number of nitrogens with zero attached hydrogens (tertiary/aromatic N) is 2. The smallest absolute Gasteiger partial charge is 0.343 e. The molecular formula is C36H48N2O4. The molecule has 6 heteroatoms. The average Bonchev–Trinajstić information content (AvgIpc) is 3.02. The van der Waals surface area contributed by atoms with Crippen molar-refractivity contribution in [2.45, 2.75) is 97.3 Å². The van der Waals surface area contributed by atoms with Crippen molar-refractivity contribution < 1.29 is 19.0 Å². The minimum Gasteiger partial charge on any atom is -0.494 e. The summed E-state index contributed by atoms with van der Waals surface area (Å²) in [5.41, 5.74) is 1.88. The van der Waals surface area contributed by atoms with Gasteiger partial charge in [-0.15, -0.1) is 0 Å². The summed E-state index contributed by atoms with van der Waals surface area (Å²) < 4.78 is 17.1. The molecule has 42 heavy (non-hydrogen) atoms. The van der Waals surface area contributed by atoms with Crippen molar-refractivity contribution in [1.29, 1.82) is 0 Å². The van der Waals surface area contributed by atoms with Crippen molar-refractivity contribution in [3.05, 3.63) is 78.4 Å². The van der Waals surface area contributed by atoms with Crippen molar-refractivity contribution in [3.8, 4) is 17.2 Å². The molecule has 0 saturated heterocycles. The van der Waals surface area contributed by atoms with Gasteiger partial charge in [-0.3, -0.25) is 0 Å². The Balaban J connectivity index is 1.33. The van der Waals surface area contributed by atoms with Gasteiger partial charge in [0.05, 0.1) is 30.2 Å². The molecule has 6 nitrogen and oxygen atoms in total. The van der Waals surface area contributed by atoms with E-state index in [-0.39, 0.29) is 0 Å². The third-order valence-corrected chi connectivity index (χ3v) is 7.04. The number of rotatable bonds is 21. The maximum Gasteiger partial charge on any atom is 0.343 e. The normalized spacial score (nSPS) is 11.1. The van der Waals surface area contributed by atoms with Crippen LogP contribution in [0.3, 0.4) is 0 Å². The summed E-state index contributed by atoms with van der Waals surface area (Å²) in [7, 11) is 0. The van der Waals surface area contributed by atoms with Crippen molar-refractivity contribution in [3.63, 3.8) is 0 Å². The van der Waals surface area contributed by atoms with Crippen molar-refractivity contribution >= 4 is 17.3 Å². The van der Waals surface area contributed by atoms with Crippen LogP contribution < -0.4 is 14.2 Å². The number of esters is 1. The fourth-order valence-corrected chi connectivity index (χ4v) is 4.48. The molecule has 0 radical (unpaired) electrons. The van der Waals surface area contributed by atoms with Crippen LogP contribution in [0.1, 0.15) is 108 Å². The highest BCUT2D eigenvalue weighted by molar-refractivity contribution is 5.91. The van der Waals surface area contributed by atoms with Gasteiger partial charge in [0.15, 0.2) is 0 Å². The minimum absolute atomic E-state index is 0.414. The SMILES string of the molecule is CCCCCCCCCCCCOc1ccc(C(=O)Oc2ccc(N=Nc3ccc(OCCCCC)cc3)cc2)cc1. The molecule has 0 aliphatic heterocycles. The first-order valence-corrected chi connectivity index (χ1v) is 15.9. The second kappa shape index (κ2) is 20.2. The summed E-state index contributed by atoms with van der Waals surface area (Å²) in [6.45, 7) is 5.86. The Hall–Kier alpha value is -3.67. The molecule has 0 aliphatic rings. The minimum atomic E-state index is -0.414. The van der Waals surface area contributed by atoms with Gasteiger partial charge < -0.3 is 14.2 Å². The molecule has 0 bridgehead atoms. The third-order valence-electron chi connectivity index (χ3n) is 7.04. The number of ether oxygens (including phenoxy) is 3. The lowest BCUT2D eigenvalue weighted by Gasteiger charge is -2.08. The van der Waals surface area contributed by atoms with E-state index < -0.39 is 5.97 Å². The molecule has 0 aromatic heterocycles. The lowest BCUT2D eigenvalue weighted by atomic mass is 10.1. The largest absolute Gasteiger partial charge is 0.494 e. The zero-order chi connectivity index (χ0) is 29.7. The van der Waals surface area contributed by atoms with Gasteiger partial charge >= 0.3 is 5.97 Å². The molecule has 0 spiro atoms. The van der Waals surface area contributed by atoms with Crippen LogP contribution in [0.25, 0.3) is 0 Å². The standard InChI is InChI=1S/C36H48N2O4/c1-3-5-7-8-9-10-11-12-13-15-29-41-33-22-16-30(17-23-33)36(39)42-35-26-20-32(21-27-35)38-37-31-18-24-34(25-19-31)40-28-14-6-4-2/h16-27H,3-15,28-29H2,1-2H3. The fourth-order valence-electron chi connectivity index (χ4n) is 4.48. The summed E-state index contributed by atoms with van der Waals surface area (Å²) in [4.78, 5) is 12.6. The predicted molar refractivity (Wildman–Crippen MR) is 171 cm³/mol. The van der Waals surface area contributed by atoms with Crippen LogP contribution in [0.4, 0.5) is 11.4 Å². The Morgan fingerprint density at radius 1 is 0.500 bits per heavy atom. The Morgan fingerprint density at radius 2 is 0.881 bits per heavy atom. The lowest BCUT2D eigenvalue weighted by Crippen LogP contribution is -2.08. The third kappa shape index (κ3) is 13.3. The molecule has 0 heterocycles. The van der Waals surface area contributed by atoms with Gasteiger partial charge in [-0.05, 0) is 85.6 Å². The summed E-state index contributed by atoms with van der Waals surface area (Å²) in [5, 5.41) is 8.55. The van der Waals surface area contributed by atoms with Gasteiger partial charge in [0.1, 0.15) is 17.2 Å². The van der Waals surface area contributed by atoms with E-state index in [1.165, 1.54) is 70.6 Å². The number of unbranched alkanes of at least 4 members (excludes halogenated alkanes) is 11. The second-order valence-electron chi connectivity index (χ2n) is 10.7. The van der Waals surface area contributed by atoms with E-state index in [4.69, 9.17) is 14.2 Å². The molecule has 3 aromatic rings. The highest BCUT2D eigenvalue weighted by Crippen LogP contribution is 2.24. The molecule has 0 saturated carbocycles. The summed E-state index contributed by atoms with van der Waals surface area (Å²) >= 11 is 0. The van der Waals surface area contributed by atoms with Gasteiger partial charge in [0.25, 0.3) is 0 Å². The highest BCUT2D eigenvalue weighted by atomic mass is 16.5. The van der Waals surface area contributed by atoms with E-state index in [0.29, 0.717) is 23.6 Å². The quantitative estimate of drug-likeness (QED) is 0.0551. The van der Waals surface area contributed by atoms with Crippen LogP contribution >= 0.6 is 0 Å². The predicted octanol–water partition coefficient (Wildman–Crippen LogP) is 11.2. The second-order valence-corrected chi connectivity index (χ2v) is 10.7. The van der Waals surface area contributed by atoms with Gasteiger partial charge in [-0.2, -0.15) is 10.2 Å². The Morgan fingerprint density at radius 3 is 1.38 bits per heavy atom. The van der Waals surface area contributed by atoms with Crippen LogP contribution in [-0.4, -0.2) is 19.2 Å². The first-order chi connectivity index (χ1) is 20.7. The summed E-state index contributed by atoms with van der Waals surface area (Å²) in [5.74, 6) is 1.64. The first kappa shape index (κ1) is 32.8. The number of carbonyl (C=O) groups excluding carboxylic acids is 1. The van der Waals surface area contributed by atoms with Crippen LogP contribution in [-0.2, 0) is 0 Å². The van der Waals surface area contributed by atoms with Gasteiger partial charge in [0, 0.05) is 0 Å². The number of benzene rings is 3. The number of hydrogen-bond donors (Lipinski definition) is 0. The Kier molecular flexibility index (Phi) is 15.8. The van der Waals surface area contributed by atoms with E-state index in [0.717, 1.165) is 36.6 Å². The van der Waals surface area contributed by atoms with E-state index >= 15 is 0 Å². The van der Waals surface area contributed by atoms with Crippen LogP contribution in [0.2, 0.25) is 0 Å². The molecule has 0 atom stereocenters. The topological polar surface area (TPSA) is 69.5 Å². The number of carbonyl (C=O) groups is 1. The summed E-state index contributed by atoms with van der Waals surface area (Å²) in [6, 6.07) is 21.6. The average molecular weight is 573 g/mol. The molecule has 3 aromatic carbocycles. The molecule has 0 N–H and O–H groups in total. The molecule has 0 unspecified atom stereocenters. The Labute approximate surface area is 252 Å². The summed E-state index contributed by atoms with van der Waals surface area (Å²) in [6.07, 6.45) is 16.4. The molecule has 0 amide bonds. The maximum absolute atomic E-state index is 12.6. The number of hydrogen-bond acceptors (Lipinski definition) is 6. The van der Waals surface area contributed by atoms with Crippen molar-refractivity contribution in [2.75, 3.05) is 13.2 Å². The molecular weight excluding hydrogens is 524 g/mol. The Bertz CT molecular complexity index is 1160. The van der Waals surface area contributed by atoms with Crippen LogP contribution in [0.15, 0.2) is 83.0 Å². The van der Waals surface area contributed by atoms with Gasteiger partial charge in [-0.25, -0.2) is 4.79 Å². The van der Waals surface area contributed by atoms with Crippen molar-refractivity contribution in [1.82, 2.24) is 0 Å².